The van der Waals surface area contributed by atoms with Crippen LogP contribution in [0.2, 0.25) is 0 Å². The summed E-state index contributed by atoms with van der Waals surface area (Å²) in [6, 6.07) is 5.88. The molecule has 0 aromatic heterocycles. The first-order chi connectivity index (χ1) is 13.1. The molecule has 3 aliphatic rings. The fraction of sp³-hybridized carbons (Fsp3) is 0.550. The zero-order valence-electron chi connectivity index (χ0n) is 15.4. The molecule has 2 atom stereocenters. The summed E-state index contributed by atoms with van der Waals surface area (Å²) >= 11 is 0. The number of nitrogens with two attached hydrogens (primary N) is 1. The number of likely N-dealkylation sites (tertiary alicyclic amines) is 1. The van der Waals surface area contributed by atoms with Gasteiger partial charge >= 0.3 is 0 Å². The van der Waals surface area contributed by atoms with Crippen molar-refractivity contribution in [3.63, 3.8) is 0 Å². The maximum Gasteiger partial charge on any atom is 0.255 e. The number of rotatable bonds is 4. The highest BCUT2D eigenvalue weighted by molar-refractivity contribution is 6.05. The highest BCUT2D eigenvalue weighted by Crippen LogP contribution is 2.29. The Hall–Kier alpha value is -2.25. The van der Waals surface area contributed by atoms with E-state index in [1.807, 2.05) is 12.1 Å². The predicted octanol–water partition coefficient (Wildman–Crippen LogP) is 0.761. The lowest BCUT2D eigenvalue weighted by Crippen LogP contribution is -2.52. The van der Waals surface area contributed by atoms with E-state index in [-0.39, 0.29) is 24.1 Å². The summed E-state index contributed by atoms with van der Waals surface area (Å²) in [6.07, 6.45) is 4.20. The molecule has 144 valence electrons. The summed E-state index contributed by atoms with van der Waals surface area (Å²) in [5, 5.41) is 2.34. The van der Waals surface area contributed by atoms with Crippen molar-refractivity contribution in [2.45, 2.75) is 57.3 Å². The average molecular weight is 370 g/mol. The smallest absolute Gasteiger partial charge is 0.255 e. The molecule has 0 aliphatic carbocycles. The molecule has 2 saturated heterocycles. The number of nitrogens with zero attached hydrogens (tertiary/aromatic N) is 2. The Labute approximate surface area is 158 Å². The van der Waals surface area contributed by atoms with Crippen molar-refractivity contribution in [1.82, 2.24) is 15.1 Å². The number of hydrogen-bond donors (Lipinski definition) is 2. The van der Waals surface area contributed by atoms with E-state index in [4.69, 9.17) is 5.73 Å². The maximum absolute atomic E-state index is 12.9. The second-order valence-electron chi connectivity index (χ2n) is 7.75. The maximum atomic E-state index is 12.9. The third kappa shape index (κ3) is 3.49. The Morgan fingerprint density at radius 3 is 2.78 bits per heavy atom. The third-order valence-electron chi connectivity index (χ3n) is 6.00. The molecule has 1 unspecified atom stereocenters. The fourth-order valence-electron chi connectivity index (χ4n) is 4.47. The molecule has 3 aliphatic heterocycles. The molecular weight excluding hydrogens is 344 g/mol. The largest absolute Gasteiger partial charge is 0.329 e. The minimum atomic E-state index is -0.560. The molecule has 3 N–H and O–H groups in total. The Bertz CT molecular complexity index is 778. The number of imide groups is 1. The molecule has 3 amide bonds. The van der Waals surface area contributed by atoms with Crippen LogP contribution >= 0.6 is 0 Å². The number of nitrogens with one attached hydrogen (secondary N) is 1. The third-order valence-corrected chi connectivity index (χ3v) is 6.00. The van der Waals surface area contributed by atoms with Crippen LogP contribution in [0, 0.1) is 0 Å². The highest BCUT2D eigenvalue weighted by Gasteiger charge is 2.39. The molecule has 2 fully saturated rings. The first-order valence-corrected chi connectivity index (χ1v) is 9.77. The molecule has 0 radical (unpaired) electrons. The SMILES string of the molecule is NC[C@H]1CCCCN1Cc1ccc2c(c1)C(=O)N(C1CCC(=O)NC1=O)C2. The average Bonchev–Trinajstić information content (AvgIpc) is 2.98. The van der Waals surface area contributed by atoms with Crippen LogP contribution in [-0.4, -0.2) is 52.7 Å². The lowest BCUT2D eigenvalue weighted by molar-refractivity contribution is -0.136. The number of carbonyl (C=O) groups is 3. The minimum absolute atomic E-state index is 0.115. The monoisotopic (exact) mass is 370 g/mol. The van der Waals surface area contributed by atoms with Crippen molar-refractivity contribution in [3.05, 3.63) is 34.9 Å². The van der Waals surface area contributed by atoms with E-state index in [0.29, 0.717) is 31.1 Å². The van der Waals surface area contributed by atoms with Crippen molar-refractivity contribution in [2.75, 3.05) is 13.1 Å². The number of amides is 3. The van der Waals surface area contributed by atoms with Gasteiger partial charge in [0.1, 0.15) is 6.04 Å². The van der Waals surface area contributed by atoms with E-state index in [0.717, 1.165) is 30.6 Å². The van der Waals surface area contributed by atoms with Crippen molar-refractivity contribution >= 4 is 17.7 Å². The van der Waals surface area contributed by atoms with Crippen LogP contribution < -0.4 is 11.1 Å². The first kappa shape index (κ1) is 18.1. The van der Waals surface area contributed by atoms with E-state index >= 15 is 0 Å². The molecule has 3 heterocycles. The highest BCUT2D eigenvalue weighted by atomic mass is 16.2. The topological polar surface area (TPSA) is 95.7 Å². The number of carbonyl (C=O) groups excluding carboxylic acids is 3. The van der Waals surface area contributed by atoms with Crippen LogP contribution in [0.25, 0.3) is 0 Å². The first-order valence-electron chi connectivity index (χ1n) is 9.77. The second kappa shape index (κ2) is 7.40. The van der Waals surface area contributed by atoms with Gasteiger partial charge in [-0.25, -0.2) is 0 Å². The minimum Gasteiger partial charge on any atom is -0.329 e. The lowest BCUT2D eigenvalue weighted by atomic mass is 10.00. The number of benzene rings is 1. The van der Waals surface area contributed by atoms with Crippen LogP contribution in [0.3, 0.4) is 0 Å². The van der Waals surface area contributed by atoms with Crippen LogP contribution in [0.1, 0.15) is 53.6 Å². The molecule has 4 rings (SSSR count). The Balaban J connectivity index is 1.49. The molecule has 7 heteroatoms. The van der Waals surface area contributed by atoms with Crippen molar-refractivity contribution in [3.8, 4) is 0 Å². The number of fused-ring (bicyclic) bond motifs is 1. The fourth-order valence-corrected chi connectivity index (χ4v) is 4.47. The van der Waals surface area contributed by atoms with E-state index in [9.17, 15) is 14.4 Å². The van der Waals surface area contributed by atoms with Gasteiger partial charge in [0.25, 0.3) is 5.91 Å². The summed E-state index contributed by atoms with van der Waals surface area (Å²) in [6.45, 7) is 2.92. The predicted molar refractivity (Wildman–Crippen MR) is 99.6 cm³/mol. The standard InChI is InChI=1S/C20H26N4O3/c21-10-15-3-1-2-8-23(15)11-13-4-5-14-12-24(20(27)16(14)9-13)17-6-7-18(25)22-19(17)26/h4-5,9,15,17H,1-3,6-8,10-12,21H2,(H,22,25,26)/t15-,17?/m1/s1. The molecule has 27 heavy (non-hydrogen) atoms. The van der Waals surface area contributed by atoms with E-state index < -0.39 is 6.04 Å². The summed E-state index contributed by atoms with van der Waals surface area (Å²) < 4.78 is 0. The normalized spacial score (nSPS) is 26.3. The van der Waals surface area contributed by atoms with Gasteiger partial charge in [0.15, 0.2) is 0 Å². The van der Waals surface area contributed by atoms with Gasteiger partial charge in [0.05, 0.1) is 0 Å². The van der Waals surface area contributed by atoms with Gasteiger partial charge in [-0.1, -0.05) is 18.6 Å². The van der Waals surface area contributed by atoms with E-state index in [1.54, 1.807) is 4.90 Å². The number of piperidine rings is 2. The Morgan fingerprint density at radius 2 is 2.00 bits per heavy atom. The van der Waals surface area contributed by atoms with Gasteiger partial charge in [-0.15, -0.1) is 0 Å². The summed E-state index contributed by atoms with van der Waals surface area (Å²) in [5.74, 6) is -0.749. The summed E-state index contributed by atoms with van der Waals surface area (Å²) in [4.78, 5) is 40.4. The summed E-state index contributed by atoms with van der Waals surface area (Å²) in [5.41, 5.74) is 8.65. The van der Waals surface area contributed by atoms with Gasteiger partial charge in [0.2, 0.25) is 11.8 Å². The van der Waals surface area contributed by atoms with Crippen LogP contribution in [-0.2, 0) is 22.7 Å². The quantitative estimate of drug-likeness (QED) is 0.763. The van der Waals surface area contributed by atoms with Crippen molar-refractivity contribution < 1.29 is 14.4 Å². The molecule has 0 bridgehead atoms. The molecule has 1 aromatic carbocycles. The Kier molecular flexibility index (Phi) is 4.97. The van der Waals surface area contributed by atoms with Gasteiger partial charge < -0.3 is 10.6 Å². The van der Waals surface area contributed by atoms with Crippen molar-refractivity contribution in [2.24, 2.45) is 5.73 Å². The zero-order valence-corrected chi connectivity index (χ0v) is 15.4. The van der Waals surface area contributed by atoms with Gasteiger partial charge in [-0.2, -0.15) is 0 Å². The van der Waals surface area contributed by atoms with Crippen LogP contribution in [0.5, 0.6) is 0 Å². The van der Waals surface area contributed by atoms with Gasteiger partial charge in [0, 0.05) is 37.7 Å². The van der Waals surface area contributed by atoms with Crippen LogP contribution in [0.4, 0.5) is 0 Å². The second-order valence-corrected chi connectivity index (χ2v) is 7.75. The Morgan fingerprint density at radius 1 is 1.15 bits per heavy atom. The zero-order chi connectivity index (χ0) is 19.0. The van der Waals surface area contributed by atoms with Crippen molar-refractivity contribution in [1.29, 1.82) is 0 Å². The van der Waals surface area contributed by atoms with E-state index in [2.05, 4.69) is 16.3 Å². The molecule has 7 nitrogen and oxygen atoms in total. The molecule has 0 saturated carbocycles. The summed E-state index contributed by atoms with van der Waals surface area (Å²) in [7, 11) is 0. The lowest BCUT2D eigenvalue weighted by Gasteiger charge is -2.35. The molecule has 1 aromatic rings. The van der Waals surface area contributed by atoms with Gasteiger partial charge in [-0.3, -0.25) is 24.6 Å². The van der Waals surface area contributed by atoms with Crippen LogP contribution in [0.15, 0.2) is 18.2 Å². The molecular formula is C20H26N4O3. The van der Waals surface area contributed by atoms with E-state index in [1.165, 1.54) is 12.8 Å². The molecule has 0 spiro atoms. The van der Waals surface area contributed by atoms with Gasteiger partial charge in [-0.05, 0) is 43.0 Å². The number of hydrogen-bond acceptors (Lipinski definition) is 5.